The maximum Gasteiger partial charge on any atom is 0.245 e. The maximum absolute atomic E-state index is 12.3. The summed E-state index contributed by atoms with van der Waals surface area (Å²) in [5.41, 5.74) is 5.97. The lowest BCUT2D eigenvalue weighted by atomic mass is 10.1. The molecule has 0 saturated carbocycles. The molecule has 0 aromatic rings. The van der Waals surface area contributed by atoms with Crippen LogP contribution in [0.5, 0.6) is 0 Å². The number of carbonyl (C=O) groups excluding carboxylic acids is 3. The molecule has 0 saturated heterocycles. The summed E-state index contributed by atoms with van der Waals surface area (Å²) < 4.78 is 64.7. The average molecular weight is 843 g/mol. The van der Waals surface area contributed by atoms with Gasteiger partial charge in [0.15, 0.2) is 0 Å². The first-order valence-electron chi connectivity index (χ1n) is 20.7. The topological polar surface area (TPSA) is 224 Å². The van der Waals surface area contributed by atoms with Crippen molar-refractivity contribution >= 4 is 17.7 Å². The van der Waals surface area contributed by atoms with Gasteiger partial charge in [-0.15, -0.1) is 0 Å². The molecular weight excluding hydrogens is 764 g/mol. The van der Waals surface area contributed by atoms with E-state index in [0.717, 1.165) is 6.42 Å². The van der Waals surface area contributed by atoms with Crippen LogP contribution in [0.3, 0.4) is 0 Å². The molecule has 3 amide bonds. The van der Waals surface area contributed by atoms with Crippen molar-refractivity contribution in [1.82, 2.24) is 16.0 Å². The Hall–Kier alpha value is -2.11. The number of ether oxygens (including phenoxy) is 12. The molecule has 2 unspecified atom stereocenters. The van der Waals surface area contributed by atoms with E-state index in [0.29, 0.717) is 177 Å². The van der Waals surface area contributed by atoms with Crippen LogP contribution < -0.4 is 21.7 Å². The van der Waals surface area contributed by atoms with Crippen molar-refractivity contribution in [3.8, 4) is 0 Å². The van der Waals surface area contributed by atoms with E-state index in [9.17, 15) is 14.4 Å². The fourth-order valence-corrected chi connectivity index (χ4v) is 4.43. The Balaban J connectivity index is 3.31. The molecular formula is C39H78N4O15. The molecule has 58 heavy (non-hydrogen) atoms. The van der Waals surface area contributed by atoms with Gasteiger partial charge in [0.25, 0.3) is 0 Å². The van der Waals surface area contributed by atoms with Gasteiger partial charge in [0.05, 0.1) is 151 Å². The summed E-state index contributed by atoms with van der Waals surface area (Å²) in [5.74, 6) is -0.337. The predicted molar refractivity (Wildman–Crippen MR) is 216 cm³/mol. The molecule has 0 fully saturated rings. The van der Waals surface area contributed by atoms with Crippen LogP contribution in [0.4, 0.5) is 0 Å². The molecule has 344 valence electrons. The van der Waals surface area contributed by atoms with E-state index in [-0.39, 0.29) is 30.9 Å². The summed E-state index contributed by atoms with van der Waals surface area (Å²) in [7, 11) is 1.64. The third kappa shape index (κ3) is 42.0. The highest BCUT2D eigenvalue weighted by atomic mass is 16.6. The normalized spacial score (nSPS) is 12.5. The van der Waals surface area contributed by atoms with E-state index in [1.54, 1.807) is 14.0 Å². The lowest BCUT2D eigenvalue weighted by Crippen LogP contribution is -2.50. The van der Waals surface area contributed by atoms with E-state index >= 15 is 0 Å². The number of rotatable bonds is 46. The van der Waals surface area contributed by atoms with Crippen LogP contribution >= 0.6 is 0 Å². The number of unbranched alkanes of at least 4 members (excludes halogenated alkanes) is 1. The van der Waals surface area contributed by atoms with Crippen molar-refractivity contribution in [3.05, 3.63) is 0 Å². The van der Waals surface area contributed by atoms with Gasteiger partial charge in [0.1, 0.15) is 12.6 Å². The minimum absolute atomic E-state index is 0.0667. The fraction of sp³-hybridized carbons (Fsp3) is 0.923. The number of nitrogens with two attached hydrogens (primary N) is 1. The number of amides is 3. The lowest BCUT2D eigenvalue weighted by Gasteiger charge is -2.17. The van der Waals surface area contributed by atoms with Crippen molar-refractivity contribution < 1.29 is 71.2 Å². The minimum atomic E-state index is -0.721. The van der Waals surface area contributed by atoms with Crippen LogP contribution in [0.2, 0.25) is 0 Å². The number of hydrogen-bond donors (Lipinski definition) is 4. The minimum Gasteiger partial charge on any atom is -0.382 e. The molecule has 0 aliphatic carbocycles. The van der Waals surface area contributed by atoms with Gasteiger partial charge in [-0.05, 0) is 38.5 Å². The monoisotopic (exact) mass is 843 g/mol. The van der Waals surface area contributed by atoms with E-state index in [4.69, 9.17) is 62.6 Å². The molecule has 0 bridgehead atoms. The summed E-state index contributed by atoms with van der Waals surface area (Å²) in [6.45, 7) is 17.2. The molecule has 19 nitrogen and oxygen atoms in total. The predicted octanol–water partition coefficient (Wildman–Crippen LogP) is 0.0962. The van der Waals surface area contributed by atoms with E-state index < -0.39 is 12.1 Å². The second-order valence-corrected chi connectivity index (χ2v) is 13.3. The van der Waals surface area contributed by atoms with Gasteiger partial charge in [-0.3, -0.25) is 14.4 Å². The average Bonchev–Trinajstić information content (AvgIpc) is 3.20. The zero-order valence-electron chi connectivity index (χ0n) is 35.9. The third-order valence-corrected chi connectivity index (χ3v) is 7.76. The molecule has 5 N–H and O–H groups in total. The second kappa shape index (κ2) is 44.4. The molecule has 0 heterocycles. The van der Waals surface area contributed by atoms with Crippen LogP contribution in [-0.4, -0.2) is 202 Å². The highest BCUT2D eigenvalue weighted by Gasteiger charge is 2.19. The molecule has 0 aromatic carbocycles. The molecule has 19 heteroatoms. The van der Waals surface area contributed by atoms with Gasteiger partial charge in [-0.25, -0.2) is 0 Å². The van der Waals surface area contributed by atoms with E-state index in [1.807, 2.05) is 0 Å². The second-order valence-electron chi connectivity index (χ2n) is 13.3. The van der Waals surface area contributed by atoms with Crippen LogP contribution in [0.15, 0.2) is 0 Å². The summed E-state index contributed by atoms with van der Waals surface area (Å²) in [5, 5.41) is 8.24. The maximum atomic E-state index is 12.3. The Morgan fingerprint density at radius 3 is 1.17 bits per heavy atom. The van der Waals surface area contributed by atoms with Crippen molar-refractivity contribution in [2.24, 2.45) is 11.7 Å². The Kier molecular flexibility index (Phi) is 42.8. The van der Waals surface area contributed by atoms with Crippen molar-refractivity contribution in [2.75, 3.05) is 172 Å². The van der Waals surface area contributed by atoms with E-state index in [1.165, 1.54) is 0 Å². The van der Waals surface area contributed by atoms with Gasteiger partial charge in [0, 0.05) is 20.2 Å². The highest BCUT2D eigenvalue weighted by molar-refractivity contribution is 5.89. The molecule has 0 rings (SSSR count). The fourth-order valence-electron chi connectivity index (χ4n) is 4.43. The number of nitrogens with one attached hydrogen (secondary N) is 3. The molecule has 0 aliphatic rings. The Morgan fingerprint density at radius 1 is 0.448 bits per heavy atom. The first-order chi connectivity index (χ1) is 28.3. The van der Waals surface area contributed by atoms with Crippen molar-refractivity contribution in [3.63, 3.8) is 0 Å². The van der Waals surface area contributed by atoms with Crippen molar-refractivity contribution in [2.45, 2.75) is 58.5 Å². The summed E-state index contributed by atoms with van der Waals surface area (Å²) in [4.78, 5) is 36.3. The van der Waals surface area contributed by atoms with Gasteiger partial charge in [0.2, 0.25) is 17.7 Å². The van der Waals surface area contributed by atoms with Crippen LogP contribution in [0, 0.1) is 5.92 Å². The number of hydrogen-bond acceptors (Lipinski definition) is 16. The van der Waals surface area contributed by atoms with Gasteiger partial charge in [-0.1, -0.05) is 13.8 Å². The van der Waals surface area contributed by atoms with Crippen LogP contribution in [-0.2, 0) is 71.2 Å². The third-order valence-electron chi connectivity index (χ3n) is 7.76. The zero-order chi connectivity index (χ0) is 42.6. The first kappa shape index (κ1) is 55.9. The molecule has 2 atom stereocenters. The number of methoxy groups -OCH3 is 1. The summed E-state index contributed by atoms with van der Waals surface area (Å²) in [6.07, 6.45) is 2.63. The van der Waals surface area contributed by atoms with Crippen LogP contribution in [0.1, 0.15) is 46.5 Å². The van der Waals surface area contributed by atoms with Gasteiger partial charge >= 0.3 is 0 Å². The zero-order valence-corrected chi connectivity index (χ0v) is 35.9. The Morgan fingerprint density at radius 2 is 0.810 bits per heavy atom. The molecule has 0 aromatic heterocycles. The smallest absolute Gasteiger partial charge is 0.245 e. The molecule has 0 spiro atoms. The van der Waals surface area contributed by atoms with Crippen LogP contribution in [0.25, 0.3) is 0 Å². The standard InChI is InChI=1S/C39H78N4O15/c1-34(2)8-10-42-38(45)35(3)43-39(46)36(40)7-5-6-9-41-37(44)33-58-32-31-57-30-29-56-28-27-55-26-25-54-24-23-53-22-21-52-20-19-51-18-17-50-16-15-49-14-13-48-12-11-47-4/h34-36H,5-33,40H2,1-4H3,(H,41,44)(H,42,45)(H,43,46). The first-order valence-corrected chi connectivity index (χ1v) is 20.7. The highest BCUT2D eigenvalue weighted by Crippen LogP contribution is 2.00. The summed E-state index contributed by atoms with van der Waals surface area (Å²) in [6, 6.07) is -1.37. The van der Waals surface area contributed by atoms with E-state index in [2.05, 4.69) is 29.8 Å². The lowest BCUT2D eigenvalue weighted by molar-refractivity contribution is -0.129. The number of carbonyl (C=O) groups is 3. The largest absolute Gasteiger partial charge is 0.382 e. The van der Waals surface area contributed by atoms with Gasteiger partial charge < -0.3 is 78.5 Å². The quantitative estimate of drug-likeness (QED) is 0.0597. The SMILES string of the molecule is COCCOCCOCCOCCOCCOCCOCCOCCOCCOCCOCCOCC(=O)NCCCCC(N)C(=O)NC(C)C(=O)NCCC(C)C. The summed E-state index contributed by atoms with van der Waals surface area (Å²) >= 11 is 0. The Labute approximate surface area is 346 Å². The Bertz CT molecular complexity index is 926. The van der Waals surface area contributed by atoms with Gasteiger partial charge in [-0.2, -0.15) is 0 Å². The molecule has 0 aliphatic heterocycles. The van der Waals surface area contributed by atoms with Crippen molar-refractivity contribution in [1.29, 1.82) is 0 Å². The molecule has 0 radical (unpaired) electrons.